The highest BCUT2D eigenvalue weighted by atomic mass is 32.2. The Morgan fingerprint density at radius 2 is 0.740 bits per heavy atom. The summed E-state index contributed by atoms with van der Waals surface area (Å²) in [7, 11) is 0. The van der Waals surface area contributed by atoms with E-state index < -0.39 is 0 Å². The molecule has 0 aromatic heterocycles. The van der Waals surface area contributed by atoms with Crippen LogP contribution < -0.4 is 10.6 Å². The molecule has 0 spiro atoms. The molecule has 5 nitrogen and oxygen atoms in total. The summed E-state index contributed by atoms with van der Waals surface area (Å²) < 4.78 is 5.48. The minimum absolute atomic E-state index is 0. The van der Waals surface area contributed by atoms with Crippen molar-refractivity contribution in [2.24, 2.45) is 41.4 Å². The molecule has 0 atom stereocenters. The van der Waals surface area contributed by atoms with Crippen molar-refractivity contribution in [3.63, 3.8) is 0 Å². The summed E-state index contributed by atoms with van der Waals surface area (Å²) in [5.74, 6) is 7.61. The van der Waals surface area contributed by atoms with E-state index in [1.165, 1.54) is 83.2 Å². The van der Waals surface area contributed by atoms with Crippen molar-refractivity contribution in [3.05, 3.63) is 276 Å². The highest BCUT2D eigenvalue weighted by Crippen LogP contribution is 2.16. The maximum atomic E-state index is 11.4. The third-order valence-corrected chi connectivity index (χ3v) is 15.9. The van der Waals surface area contributed by atoms with Crippen molar-refractivity contribution in [3.8, 4) is 0 Å². The van der Waals surface area contributed by atoms with Gasteiger partial charge in [0.05, 0.1) is 6.61 Å². The van der Waals surface area contributed by atoms with Crippen molar-refractivity contribution in [2.45, 2.75) is 208 Å². The highest BCUT2D eigenvalue weighted by Gasteiger charge is 2.08. The first-order valence-electron chi connectivity index (χ1n) is 35.4. The van der Waals surface area contributed by atoms with Crippen molar-refractivity contribution in [2.75, 3.05) is 25.4 Å². The monoisotopic (exact) mass is 1330 g/mol. The maximum absolute atomic E-state index is 11.4. The van der Waals surface area contributed by atoms with E-state index in [0.717, 1.165) is 92.8 Å². The smallest absolute Gasteiger partial charge is 0.135 e. The van der Waals surface area contributed by atoms with E-state index in [9.17, 15) is 9.59 Å². The largest absolute Gasteiger partial charge is 0.389 e. The number of allylic oxidation sites excluding steroid dienone is 2. The Morgan fingerprint density at radius 3 is 1.11 bits per heavy atom. The molecule has 0 aliphatic heterocycles. The molecule has 6 heteroatoms. The quantitative estimate of drug-likeness (QED) is 0.0392. The number of carbonyl (C=O) groups is 2. The van der Waals surface area contributed by atoms with Gasteiger partial charge in [0.25, 0.3) is 0 Å². The topological polar surface area (TPSA) is 67.4 Å². The van der Waals surface area contributed by atoms with E-state index in [1.807, 2.05) is 92.3 Å². The number of thioether (sulfide) groups is 1. The van der Waals surface area contributed by atoms with Crippen LogP contribution in [0.1, 0.15) is 202 Å². The van der Waals surface area contributed by atoms with Crippen molar-refractivity contribution >= 4 is 23.3 Å². The Hall–Kier alpha value is -6.73. The Kier molecular flexibility index (Phi) is 57.7. The Balaban J connectivity index is 0. The van der Waals surface area contributed by atoms with Crippen molar-refractivity contribution in [1.82, 2.24) is 10.6 Å². The number of carbonyl (C=O) groups excluding carboxylic acids is 2. The van der Waals surface area contributed by atoms with Gasteiger partial charge < -0.3 is 15.4 Å². The lowest BCUT2D eigenvalue weighted by Crippen LogP contribution is -2.17. The molecular formula is C90H136N2O3S. The lowest BCUT2D eigenvalue weighted by Gasteiger charge is -2.10. The first-order valence-corrected chi connectivity index (χ1v) is 36.6. The van der Waals surface area contributed by atoms with Gasteiger partial charge in [-0.05, 0) is 125 Å². The lowest BCUT2D eigenvalue weighted by molar-refractivity contribution is -0.122. The van der Waals surface area contributed by atoms with Gasteiger partial charge in [0, 0.05) is 74.9 Å². The lowest BCUT2D eigenvalue weighted by atomic mass is 10.0. The van der Waals surface area contributed by atoms with Gasteiger partial charge in [-0.25, -0.2) is 0 Å². The fraction of sp³-hybridized carbons (Fsp3) is 0.467. The molecular weight excluding hydrogens is 1190 g/mol. The van der Waals surface area contributed by atoms with Gasteiger partial charge in [-0.1, -0.05) is 344 Å². The van der Waals surface area contributed by atoms with Gasteiger partial charge in [0.1, 0.15) is 11.6 Å². The van der Waals surface area contributed by atoms with E-state index in [1.54, 1.807) is 0 Å². The molecule has 0 radical (unpaired) electrons. The molecule has 0 unspecified atom stereocenters. The fourth-order valence-corrected chi connectivity index (χ4v) is 10.2. The number of ether oxygens (including phenoxy) is 1. The molecule has 0 heterocycles. The van der Waals surface area contributed by atoms with Crippen LogP contribution in [-0.2, 0) is 58.8 Å². The summed E-state index contributed by atoms with van der Waals surface area (Å²) in [4.78, 5) is 22.7. The summed E-state index contributed by atoms with van der Waals surface area (Å²) in [5.41, 5.74) is 11.5. The van der Waals surface area contributed by atoms with Crippen LogP contribution in [0.2, 0.25) is 0 Å². The second-order valence-corrected chi connectivity index (χ2v) is 28.4. The molecule has 0 aliphatic rings. The molecule has 0 bridgehead atoms. The van der Waals surface area contributed by atoms with Gasteiger partial charge in [-0.2, -0.15) is 11.8 Å². The molecule has 0 aliphatic carbocycles. The molecule has 2 N–H and O–H groups in total. The van der Waals surface area contributed by atoms with Gasteiger partial charge in [-0.15, -0.1) is 0 Å². The van der Waals surface area contributed by atoms with Crippen LogP contribution in [0.5, 0.6) is 0 Å². The fourth-order valence-electron chi connectivity index (χ4n) is 9.14. The van der Waals surface area contributed by atoms with Crippen LogP contribution in [0.15, 0.2) is 237 Å². The Labute approximate surface area is 595 Å². The SMILES string of the molecule is C.C.C=C(Cc1ccccc1)NCCC(C)C.C=C(Cc1ccccc1)NCCCC(C)C.CC(C)C(=O)CCc1ccccc1.CC(C)CC(=O)CCc1ccccc1.CC(C)CCCc1ccccc1.CC(C)COCc1ccccc1.CC(C)CSCc1ccccc1. The first-order chi connectivity index (χ1) is 45.1. The van der Waals surface area contributed by atoms with Crippen LogP contribution in [0.3, 0.4) is 0 Å². The normalized spacial score (nSPS) is 10.3. The molecule has 0 fully saturated rings. The highest BCUT2D eigenvalue weighted by molar-refractivity contribution is 7.98. The zero-order valence-electron chi connectivity index (χ0n) is 61.2. The average molecular weight is 1330 g/mol. The van der Waals surface area contributed by atoms with Crippen LogP contribution >= 0.6 is 11.8 Å². The second-order valence-electron chi connectivity index (χ2n) is 27.4. The second kappa shape index (κ2) is 60.7. The summed E-state index contributed by atoms with van der Waals surface area (Å²) in [6.45, 7) is 42.2. The standard InChI is InChI=1S/C15H23N.C14H21N.C13H18O.C12H16O.C12H18.C11H16O.C11H16S.2CH4/c1-13(2)8-7-11-16-14(3)12-15-9-5-4-6-10-15;1-12(2)9-10-15-13(3)11-14-7-5-4-6-8-14;1-11(2)10-13(14)9-8-12-6-4-3-5-7-12;1-10(2)12(13)9-8-11-6-4-3-5-7-11;1-11(2)7-6-10-12-8-4-3-5-9-12;2*1-10(2)8-12-9-11-6-4-3-5-7-11;;/h4-6,9-10,13,16H,3,7-8,11-12H2,1-2H3;4-8,12,15H,3,9-11H2,1-2H3;3-7,11H,8-10H2,1-2H3;3-7,10H,8-9H2,1-2H3;3-5,8-9,11H,6-7,10H2,1-2H3;2*3-7,10H,8-9H2,1-2H3;2*1H4. The number of ketones is 2. The van der Waals surface area contributed by atoms with Gasteiger partial charge in [-0.3, -0.25) is 9.59 Å². The molecule has 7 aromatic carbocycles. The number of Topliss-reactive ketones (excluding diaryl/α,β-unsaturated/α-hetero) is 2. The summed E-state index contributed by atoms with van der Waals surface area (Å²) >= 11 is 2.01. The molecule has 0 saturated heterocycles. The Bertz CT molecular complexity index is 2740. The number of benzene rings is 7. The number of hydrogen-bond acceptors (Lipinski definition) is 6. The number of nitrogens with one attached hydrogen (secondary N) is 2. The minimum Gasteiger partial charge on any atom is -0.389 e. The molecule has 7 aromatic rings. The van der Waals surface area contributed by atoms with E-state index in [0.29, 0.717) is 42.7 Å². The zero-order valence-corrected chi connectivity index (χ0v) is 62.0. The number of rotatable bonds is 34. The molecule has 7 rings (SSSR count). The van der Waals surface area contributed by atoms with E-state index in [4.69, 9.17) is 4.74 Å². The van der Waals surface area contributed by atoms with Gasteiger partial charge >= 0.3 is 0 Å². The first kappa shape index (κ1) is 91.3. The van der Waals surface area contributed by atoms with Crippen LogP contribution in [0.4, 0.5) is 0 Å². The maximum Gasteiger partial charge on any atom is 0.135 e. The Morgan fingerprint density at radius 1 is 0.385 bits per heavy atom. The number of hydrogen-bond donors (Lipinski definition) is 2. The van der Waals surface area contributed by atoms with Crippen molar-refractivity contribution < 1.29 is 14.3 Å². The van der Waals surface area contributed by atoms with Crippen LogP contribution in [0.25, 0.3) is 0 Å². The summed E-state index contributed by atoms with van der Waals surface area (Å²) in [6.07, 6.45) is 13.3. The molecule has 0 saturated carbocycles. The molecule has 0 amide bonds. The van der Waals surface area contributed by atoms with E-state index >= 15 is 0 Å². The molecule has 530 valence electrons. The predicted octanol–water partition coefficient (Wildman–Crippen LogP) is 24.6. The van der Waals surface area contributed by atoms with Gasteiger partial charge in [0.2, 0.25) is 0 Å². The average Bonchev–Trinajstić information content (AvgIpc) is 3.74. The van der Waals surface area contributed by atoms with E-state index in [2.05, 4.69) is 252 Å². The van der Waals surface area contributed by atoms with Gasteiger partial charge in [0.15, 0.2) is 0 Å². The third kappa shape index (κ3) is 57.5. The summed E-state index contributed by atoms with van der Waals surface area (Å²) in [6, 6.07) is 72.8. The minimum atomic E-state index is 0. The molecule has 96 heavy (non-hydrogen) atoms. The third-order valence-electron chi connectivity index (χ3n) is 14.5. The van der Waals surface area contributed by atoms with Crippen LogP contribution in [-0.4, -0.2) is 37.0 Å². The zero-order chi connectivity index (χ0) is 69.4. The summed E-state index contributed by atoms with van der Waals surface area (Å²) in [5, 5.41) is 6.76. The predicted molar refractivity (Wildman–Crippen MR) is 428 cm³/mol. The number of aryl methyl sites for hydroxylation is 3. The van der Waals surface area contributed by atoms with Crippen molar-refractivity contribution in [1.29, 1.82) is 0 Å². The van der Waals surface area contributed by atoms with Crippen LogP contribution in [0, 0.1) is 41.4 Å². The van der Waals surface area contributed by atoms with E-state index in [-0.39, 0.29) is 20.8 Å².